The number of methoxy groups -OCH3 is 1. The Morgan fingerprint density at radius 2 is 2.18 bits per heavy atom. The SMILES string of the molecule is COc1c(NCC=C(C)C)sc(C(N)=O)c1N. The maximum atomic E-state index is 11.1. The van der Waals surface area contributed by atoms with Gasteiger partial charge in [0.2, 0.25) is 0 Å². The zero-order valence-electron chi connectivity index (χ0n) is 10.2. The molecule has 1 heterocycles. The van der Waals surface area contributed by atoms with E-state index in [1.165, 1.54) is 24.0 Å². The summed E-state index contributed by atoms with van der Waals surface area (Å²) in [6.45, 7) is 4.67. The molecule has 17 heavy (non-hydrogen) atoms. The Hall–Kier alpha value is -1.69. The van der Waals surface area contributed by atoms with Gasteiger partial charge in [0, 0.05) is 6.54 Å². The summed E-state index contributed by atoms with van der Waals surface area (Å²) in [4.78, 5) is 11.5. The van der Waals surface area contributed by atoms with Crippen LogP contribution < -0.4 is 21.5 Å². The Balaban J connectivity index is 2.95. The first-order valence-electron chi connectivity index (χ1n) is 5.10. The number of ether oxygens (including phenoxy) is 1. The van der Waals surface area contributed by atoms with E-state index in [0.717, 1.165) is 5.00 Å². The number of nitrogens with two attached hydrogens (primary N) is 2. The fourth-order valence-corrected chi connectivity index (χ4v) is 2.23. The average molecular weight is 255 g/mol. The number of anilines is 2. The van der Waals surface area contributed by atoms with E-state index in [1.54, 1.807) is 0 Å². The predicted octanol–water partition coefficient (Wildman–Crippen LogP) is 1.82. The van der Waals surface area contributed by atoms with Gasteiger partial charge >= 0.3 is 0 Å². The summed E-state index contributed by atoms with van der Waals surface area (Å²) >= 11 is 1.21. The van der Waals surface area contributed by atoms with Gasteiger partial charge in [-0.15, -0.1) is 11.3 Å². The van der Waals surface area contributed by atoms with Crippen molar-refractivity contribution >= 4 is 27.9 Å². The third-order valence-corrected chi connectivity index (χ3v) is 3.26. The van der Waals surface area contributed by atoms with E-state index in [4.69, 9.17) is 16.2 Å². The number of hydrogen-bond donors (Lipinski definition) is 3. The number of allylic oxidation sites excluding steroid dienone is 1. The predicted molar refractivity (Wildman–Crippen MR) is 71.7 cm³/mol. The molecule has 6 heteroatoms. The molecule has 0 aliphatic rings. The van der Waals surface area contributed by atoms with E-state index < -0.39 is 5.91 Å². The second-order valence-electron chi connectivity index (χ2n) is 3.73. The molecule has 0 radical (unpaired) electrons. The number of hydrogen-bond acceptors (Lipinski definition) is 5. The quantitative estimate of drug-likeness (QED) is 0.700. The third-order valence-electron chi connectivity index (χ3n) is 2.10. The molecule has 0 saturated heterocycles. The molecule has 0 bridgehead atoms. The number of primary amides is 1. The monoisotopic (exact) mass is 255 g/mol. The van der Waals surface area contributed by atoms with Gasteiger partial charge in [-0.3, -0.25) is 4.79 Å². The lowest BCUT2D eigenvalue weighted by atomic mass is 10.3. The van der Waals surface area contributed by atoms with Gasteiger partial charge in [0.05, 0.1) is 7.11 Å². The number of nitrogen functional groups attached to an aromatic ring is 1. The van der Waals surface area contributed by atoms with Gasteiger partial charge in [-0.25, -0.2) is 0 Å². The molecule has 5 nitrogen and oxygen atoms in total. The molecule has 0 saturated carbocycles. The highest BCUT2D eigenvalue weighted by molar-refractivity contribution is 7.19. The molecule has 1 rings (SSSR count). The van der Waals surface area contributed by atoms with E-state index in [0.29, 0.717) is 22.9 Å². The molecule has 1 amide bonds. The van der Waals surface area contributed by atoms with Crippen molar-refractivity contribution in [3.05, 3.63) is 16.5 Å². The molecule has 0 atom stereocenters. The third kappa shape index (κ3) is 3.13. The lowest BCUT2D eigenvalue weighted by molar-refractivity contribution is 0.100. The molecule has 0 aliphatic carbocycles. The van der Waals surface area contributed by atoms with Gasteiger partial charge in [-0.1, -0.05) is 11.6 Å². The van der Waals surface area contributed by atoms with Crippen LogP contribution in [-0.4, -0.2) is 19.6 Å². The molecular weight excluding hydrogens is 238 g/mol. The van der Waals surface area contributed by atoms with Crippen LogP contribution in [0.15, 0.2) is 11.6 Å². The Kier molecular flexibility index (Phi) is 4.39. The summed E-state index contributed by atoms with van der Waals surface area (Å²) in [5.41, 5.74) is 12.5. The molecule has 0 aromatic carbocycles. The smallest absolute Gasteiger partial charge is 0.261 e. The van der Waals surface area contributed by atoms with Crippen LogP contribution in [0, 0.1) is 0 Å². The van der Waals surface area contributed by atoms with E-state index in [9.17, 15) is 4.79 Å². The summed E-state index contributed by atoms with van der Waals surface area (Å²) in [5.74, 6) is -0.0629. The average Bonchev–Trinajstić information content (AvgIpc) is 2.54. The number of carbonyl (C=O) groups excluding carboxylic acids is 1. The Morgan fingerprint density at radius 3 is 2.65 bits per heavy atom. The number of nitrogens with one attached hydrogen (secondary N) is 1. The maximum Gasteiger partial charge on any atom is 0.261 e. The molecule has 0 aliphatic heterocycles. The first-order chi connectivity index (χ1) is 7.97. The summed E-state index contributed by atoms with van der Waals surface area (Å²) < 4.78 is 5.16. The highest BCUT2D eigenvalue weighted by Crippen LogP contribution is 2.41. The van der Waals surface area contributed by atoms with Crippen LogP contribution in [0.2, 0.25) is 0 Å². The zero-order chi connectivity index (χ0) is 13.0. The van der Waals surface area contributed by atoms with Crippen LogP contribution in [0.5, 0.6) is 5.75 Å². The molecule has 0 spiro atoms. The van der Waals surface area contributed by atoms with Crippen molar-refractivity contribution in [2.75, 3.05) is 24.7 Å². The van der Waals surface area contributed by atoms with Crippen molar-refractivity contribution in [1.29, 1.82) is 0 Å². The van der Waals surface area contributed by atoms with Crippen molar-refractivity contribution in [2.24, 2.45) is 5.73 Å². The number of thiophene rings is 1. The number of amides is 1. The van der Waals surface area contributed by atoms with Crippen LogP contribution >= 0.6 is 11.3 Å². The zero-order valence-corrected chi connectivity index (χ0v) is 11.0. The summed E-state index contributed by atoms with van der Waals surface area (Å²) in [7, 11) is 1.51. The van der Waals surface area contributed by atoms with Crippen LogP contribution in [0.4, 0.5) is 10.7 Å². The Morgan fingerprint density at radius 1 is 1.53 bits per heavy atom. The lowest BCUT2D eigenvalue weighted by Crippen LogP contribution is -2.10. The van der Waals surface area contributed by atoms with E-state index in [-0.39, 0.29) is 0 Å². The topological polar surface area (TPSA) is 90.4 Å². The van der Waals surface area contributed by atoms with Crippen molar-refractivity contribution < 1.29 is 9.53 Å². The number of carbonyl (C=O) groups is 1. The summed E-state index contributed by atoms with van der Waals surface area (Å²) in [5, 5.41) is 3.86. The lowest BCUT2D eigenvalue weighted by Gasteiger charge is -2.04. The maximum absolute atomic E-state index is 11.1. The second kappa shape index (κ2) is 5.58. The number of rotatable bonds is 5. The van der Waals surface area contributed by atoms with E-state index >= 15 is 0 Å². The van der Waals surface area contributed by atoms with E-state index in [1.807, 2.05) is 19.9 Å². The first kappa shape index (κ1) is 13.4. The molecule has 94 valence electrons. The summed E-state index contributed by atoms with van der Waals surface area (Å²) in [6, 6.07) is 0. The van der Waals surface area contributed by atoms with Gasteiger partial charge in [-0.2, -0.15) is 0 Å². The highest BCUT2D eigenvalue weighted by Gasteiger charge is 2.19. The molecule has 1 aromatic heterocycles. The fraction of sp³-hybridized carbons (Fsp3) is 0.364. The molecular formula is C11H17N3O2S. The Labute approximate surface area is 104 Å². The van der Waals surface area contributed by atoms with Gasteiger partial charge in [-0.05, 0) is 13.8 Å². The standard InChI is InChI=1S/C11H17N3O2S/c1-6(2)4-5-14-11-8(16-3)7(12)9(17-11)10(13)15/h4,14H,5,12H2,1-3H3,(H2,13,15). The normalized spacial score (nSPS) is 9.82. The Bertz CT molecular complexity index is 448. The molecule has 0 unspecified atom stereocenters. The first-order valence-corrected chi connectivity index (χ1v) is 5.92. The minimum absolute atomic E-state index is 0.296. The molecule has 1 aromatic rings. The van der Waals surface area contributed by atoms with Crippen LogP contribution in [-0.2, 0) is 0 Å². The van der Waals surface area contributed by atoms with Gasteiger partial charge in [0.25, 0.3) is 5.91 Å². The van der Waals surface area contributed by atoms with Gasteiger partial charge in [0.15, 0.2) is 5.75 Å². The highest BCUT2D eigenvalue weighted by atomic mass is 32.1. The van der Waals surface area contributed by atoms with Gasteiger partial charge < -0.3 is 21.5 Å². The van der Waals surface area contributed by atoms with Crippen molar-refractivity contribution in [2.45, 2.75) is 13.8 Å². The fourth-order valence-electron chi connectivity index (χ4n) is 1.28. The molecule has 0 fully saturated rings. The van der Waals surface area contributed by atoms with Crippen LogP contribution in [0.1, 0.15) is 23.5 Å². The van der Waals surface area contributed by atoms with E-state index in [2.05, 4.69) is 5.32 Å². The van der Waals surface area contributed by atoms with Gasteiger partial charge in [0.1, 0.15) is 15.6 Å². The van der Waals surface area contributed by atoms with Crippen molar-refractivity contribution in [3.63, 3.8) is 0 Å². The summed E-state index contributed by atoms with van der Waals surface area (Å²) in [6.07, 6.45) is 2.03. The minimum atomic E-state index is -0.541. The largest absolute Gasteiger partial charge is 0.492 e. The van der Waals surface area contributed by atoms with Crippen molar-refractivity contribution in [1.82, 2.24) is 0 Å². The second-order valence-corrected chi connectivity index (χ2v) is 4.75. The molecule has 5 N–H and O–H groups in total. The van der Waals surface area contributed by atoms with Crippen LogP contribution in [0.25, 0.3) is 0 Å². The minimum Gasteiger partial charge on any atom is -0.492 e. The van der Waals surface area contributed by atoms with Crippen LogP contribution in [0.3, 0.4) is 0 Å². The van der Waals surface area contributed by atoms with Crippen molar-refractivity contribution in [3.8, 4) is 5.75 Å².